The Kier molecular flexibility index (Phi) is 4.81. The summed E-state index contributed by atoms with van der Waals surface area (Å²) in [5, 5.41) is 4.59. The Hall–Kier alpha value is -1.29. The molecule has 1 fully saturated rings. The number of sulfonamides is 1. The molecule has 124 valence electrons. The molecule has 0 spiro atoms. The highest BCUT2D eigenvalue weighted by molar-refractivity contribution is 7.91. The molecule has 0 N–H and O–H groups in total. The van der Waals surface area contributed by atoms with E-state index in [1.54, 1.807) is 22.4 Å². The van der Waals surface area contributed by atoms with Crippen molar-refractivity contribution in [1.82, 2.24) is 14.2 Å². The van der Waals surface area contributed by atoms with E-state index < -0.39 is 10.0 Å². The third kappa shape index (κ3) is 3.63. The number of hydrogen-bond donors (Lipinski definition) is 0. The van der Waals surface area contributed by atoms with Crippen LogP contribution in [0.2, 0.25) is 0 Å². The number of aromatic nitrogens is 1. The van der Waals surface area contributed by atoms with Gasteiger partial charge in [0.15, 0.2) is 0 Å². The lowest BCUT2D eigenvalue weighted by atomic mass is 10.2. The van der Waals surface area contributed by atoms with Crippen molar-refractivity contribution in [3.8, 4) is 0 Å². The van der Waals surface area contributed by atoms with Crippen molar-refractivity contribution < 1.29 is 13.2 Å². The van der Waals surface area contributed by atoms with Gasteiger partial charge in [-0.3, -0.25) is 4.79 Å². The predicted octanol–water partition coefficient (Wildman–Crippen LogP) is 1.59. The summed E-state index contributed by atoms with van der Waals surface area (Å²) in [7, 11) is -3.42. The Labute approximate surface area is 143 Å². The minimum atomic E-state index is -3.42. The van der Waals surface area contributed by atoms with Crippen LogP contribution in [0, 0.1) is 6.92 Å². The molecule has 0 atom stereocenters. The van der Waals surface area contributed by atoms with Gasteiger partial charge in [0.1, 0.15) is 4.21 Å². The summed E-state index contributed by atoms with van der Waals surface area (Å²) in [6, 6.07) is 3.34. The van der Waals surface area contributed by atoms with E-state index in [0.717, 1.165) is 10.7 Å². The van der Waals surface area contributed by atoms with E-state index in [-0.39, 0.29) is 12.3 Å². The number of aryl methyl sites for hydroxylation is 1. The fourth-order valence-electron chi connectivity index (χ4n) is 2.47. The molecule has 23 heavy (non-hydrogen) atoms. The highest BCUT2D eigenvalue weighted by Crippen LogP contribution is 2.22. The quantitative estimate of drug-likeness (QED) is 0.818. The molecular formula is C14H17N3O3S3. The van der Waals surface area contributed by atoms with Crippen molar-refractivity contribution in [1.29, 1.82) is 0 Å². The summed E-state index contributed by atoms with van der Waals surface area (Å²) >= 11 is 2.74. The van der Waals surface area contributed by atoms with Gasteiger partial charge in [-0.25, -0.2) is 13.4 Å². The van der Waals surface area contributed by atoms with Gasteiger partial charge in [-0.15, -0.1) is 22.7 Å². The van der Waals surface area contributed by atoms with Crippen molar-refractivity contribution in [3.63, 3.8) is 0 Å². The minimum absolute atomic E-state index is 0.00321. The van der Waals surface area contributed by atoms with E-state index >= 15 is 0 Å². The molecule has 9 heteroatoms. The maximum Gasteiger partial charge on any atom is 0.252 e. The molecule has 2 aromatic heterocycles. The largest absolute Gasteiger partial charge is 0.340 e. The smallest absolute Gasteiger partial charge is 0.252 e. The first-order chi connectivity index (χ1) is 11.0. The standard InChI is InChI=1S/C14H17N3O3S3/c1-11-15-12(10-22-11)9-13(18)16-4-6-17(7-5-16)23(19,20)14-3-2-8-21-14/h2-3,8,10H,4-7,9H2,1H3. The predicted molar refractivity (Wildman–Crippen MR) is 90.2 cm³/mol. The minimum Gasteiger partial charge on any atom is -0.340 e. The SMILES string of the molecule is Cc1nc(CC(=O)N2CCN(S(=O)(=O)c3cccs3)CC2)cs1. The zero-order valence-corrected chi connectivity index (χ0v) is 15.1. The first kappa shape index (κ1) is 16.6. The zero-order valence-electron chi connectivity index (χ0n) is 12.6. The van der Waals surface area contributed by atoms with Gasteiger partial charge >= 0.3 is 0 Å². The summed E-state index contributed by atoms with van der Waals surface area (Å²) in [6.07, 6.45) is 0.280. The topological polar surface area (TPSA) is 70.6 Å². The van der Waals surface area contributed by atoms with E-state index in [9.17, 15) is 13.2 Å². The summed E-state index contributed by atoms with van der Waals surface area (Å²) < 4.78 is 26.7. The van der Waals surface area contributed by atoms with Crippen LogP contribution in [0.25, 0.3) is 0 Å². The fourth-order valence-corrected chi connectivity index (χ4v) is 5.65. The first-order valence-electron chi connectivity index (χ1n) is 7.19. The number of amides is 1. The molecule has 0 aliphatic carbocycles. The van der Waals surface area contributed by atoms with Crippen LogP contribution in [0.4, 0.5) is 0 Å². The van der Waals surface area contributed by atoms with Crippen LogP contribution in [0.1, 0.15) is 10.7 Å². The van der Waals surface area contributed by atoms with E-state index in [2.05, 4.69) is 4.98 Å². The number of carbonyl (C=O) groups excluding carboxylic acids is 1. The lowest BCUT2D eigenvalue weighted by molar-refractivity contribution is -0.131. The van der Waals surface area contributed by atoms with Crippen molar-refractivity contribution >= 4 is 38.6 Å². The van der Waals surface area contributed by atoms with Crippen LogP contribution < -0.4 is 0 Å². The summed E-state index contributed by atoms with van der Waals surface area (Å²) in [5.41, 5.74) is 0.783. The Morgan fingerprint density at radius 1 is 1.26 bits per heavy atom. The van der Waals surface area contributed by atoms with Crippen molar-refractivity contribution in [3.05, 3.63) is 33.6 Å². The van der Waals surface area contributed by atoms with Crippen LogP contribution in [-0.2, 0) is 21.2 Å². The van der Waals surface area contributed by atoms with Crippen LogP contribution in [0.3, 0.4) is 0 Å². The van der Waals surface area contributed by atoms with Crippen molar-refractivity contribution in [2.24, 2.45) is 0 Å². The van der Waals surface area contributed by atoms with Crippen molar-refractivity contribution in [2.75, 3.05) is 26.2 Å². The van der Waals surface area contributed by atoms with Gasteiger partial charge in [0.05, 0.1) is 17.1 Å². The van der Waals surface area contributed by atoms with Gasteiger partial charge in [0.2, 0.25) is 5.91 Å². The normalized spacial score (nSPS) is 16.7. The number of carbonyl (C=O) groups is 1. The molecule has 0 unspecified atom stereocenters. The highest BCUT2D eigenvalue weighted by Gasteiger charge is 2.30. The monoisotopic (exact) mass is 371 g/mol. The second kappa shape index (κ2) is 6.68. The first-order valence-corrected chi connectivity index (χ1v) is 10.4. The lowest BCUT2D eigenvalue weighted by Crippen LogP contribution is -2.50. The van der Waals surface area contributed by atoms with Gasteiger partial charge in [-0.1, -0.05) is 6.07 Å². The number of piperazine rings is 1. The maximum atomic E-state index is 12.4. The third-order valence-electron chi connectivity index (χ3n) is 3.68. The fraction of sp³-hybridized carbons (Fsp3) is 0.429. The van der Waals surface area contributed by atoms with Crippen LogP contribution in [-0.4, -0.2) is 54.7 Å². The molecule has 3 heterocycles. The molecule has 1 aliphatic rings. The van der Waals surface area contributed by atoms with Gasteiger partial charge < -0.3 is 4.90 Å². The highest BCUT2D eigenvalue weighted by atomic mass is 32.2. The number of thiazole rings is 1. The average molecular weight is 372 g/mol. The molecule has 0 saturated carbocycles. The number of nitrogens with zero attached hydrogens (tertiary/aromatic N) is 3. The summed E-state index contributed by atoms with van der Waals surface area (Å²) in [6.45, 7) is 3.43. The Morgan fingerprint density at radius 2 is 2.00 bits per heavy atom. The molecule has 1 aliphatic heterocycles. The Balaban J connectivity index is 1.59. The molecule has 2 aromatic rings. The molecule has 0 bridgehead atoms. The number of thiophene rings is 1. The summed E-state index contributed by atoms with van der Waals surface area (Å²) in [4.78, 5) is 18.3. The average Bonchev–Trinajstić information content (AvgIpc) is 3.19. The van der Waals surface area contributed by atoms with Gasteiger partial charge in [-0.2, -0.15) is 4.31 Å². The van der Waals surface area contributed by atoms with Crippen LogP contribution in [0.5, 0.6) is 0 Å². The Bertz CT molecular complexity index is 775. The van der Waals surface area contributed by atoms with E-state index in [4.69, 9.17) is 0 Å². The molecule has 3 rings (SSSR count). The van der Waals surface area contributed by atoms with Gasteiger partial charge in [0.25, 0.3) is 10.0 Å². The second-order valence-corrected chi connectivity index (χ2v) is 9.43. The molecule has 0 aromatic carbocycles. The van der Waals surface area contributed by atoms with Crippen LogP contribution in [0.15, 0.2) is 27.1 Å². The van der Waals surface area contributed by atoms with Crippen molar-refractivity contribution in [2.45, 2.75) is 17.6 Å². The molecular weight excluding hydrogens is 354 g/mol. The molecule has 0 radical (unpaired) electrons. The van der Waals surface area contributed by atoms with Crippen LogP contribution >= 0.6 is 22.7 Å². The molecule has 6 nitrogen and oxygen atoms in total. The molecule has 1 saturated heterocycles. The van der Waals surface area contributed by atoms with E-state index in [0.29, 0.717) is 30.4 Å². The number of rotatable bonds is 4. The number of hydrogen-bond acceptors (Lipinski definition) is 6. The maximum absolute atomic E-state index is 12.4. The zero-order chi connectivity index (χ0) is 16.4. The summed E-state index contributed by atoms with van der Waals surface area (Å²) in [5.74, 6) is 0.00321. The third-order valence-corrected chi connectivity index (χ3v) is 7.77. The Morgan fingerprint density at radius 3 is 2.57 bits per heavy atom. The van der Waals surface area contributed by atoms with E-state index in [1.165, 1.54) is 27.0 Å². The second-order valence-electron chi connectivity index (χ2n) is 5.25. The van der Waals surface area contributed by atoms with Gasteiger partial charge in [0, 0.05) is 31.6 Å². The van der Waals surface area contributed by atoms with E-state index in [1.807, 2.05) is 12.3 Å². The molecule has 1 amide bonds. The lowest BCUT2D eigenvalue weighted by Gasteiger charge is -2.33. The van der Waals surface area contributed by atoms with Gasteiger partial charge in [-0.05, 0) is 18.4 Å².